The molecule has 0 aliphatic carbocycles. The van der Waals surface area contributed by atoms with Gasteiger partial charge in [-0.05, 0) is 38.9 Å². The maximum absolute atomic E-state index is 4.67. The molecule has 0 N–H and O–H groups in total. The number of hydrogen-bond donors (Lipinski definition) is 0. The number of piperazine rings is 1. The summed E-state index contributed by atoms with van der Waals surface area (Å²) in [5.41, 5.74) is 3.84. The van der Waals surface area contributed by atoms with Crippen molar-refractivity contribution >= 4 is 5.69 Å². The van der Waals surface area contributed by atoms with Crippen LogP contribution in [0.5, 0.6) is 0 Å². The number of nitrogens with zero attached hydrogens (tertiary/aromatic N) is 3. The number of rotatable bonds is 0. The number of likely N-dealkylation sites (N-methyl/N-ethyl adjacent to an activating group) is 1. The average Bonchev–Trinajstić information content (AvgIpc) is 2.28. The molecular weight excluding hydrogens is 198 g/mol. The van der Waals surface area contributed by atoms with Gasteiger partial charge in [-0.3, -0.25) is 4.98 Å². The van der Waals surface area contributed by atoms with Gasteiger partial charge in [-0.1, -0.05) is 0 Å². The molecule has 1 aromatic heterocycles. The van der Waals surface area contributed by atoms with Crippen LogP contribution in [0, 0.1) is 6.92 Å². The molecule has 1 saturated heterocycles. The van der Waals surface area contributed by atoms with Crippen LogP contribution in [0.4, 0.5) is 5.69 Å². The summed E-state index contributed by atoms with van der Waals surface area (Å²) in [4.78, 5) is 9.67. The van der Waals surface area contributed by atoms with Crippen molar-refractivity contribution in [3.63, 3.8) is 0 Å². The third-order valence-corrected chi connectivity index (χ3v) is 3.80. The molecule has 2 aliphatic heterocycles. The van der Waals surface area contributed by atoms with Gasteiger partial charge in [0.2, 0.25) is 0 Å². The third kappa shape index (κ3) is 1.59. The minimum absolute atomic E-state index is 0.704. The van der Waals surface area contributed by atoms with Crippen LogP contribution < -0.4 is 4.90 Å². The fourth-order valence-electron chi connectivity index (χ4n) is 2.93. The molecule has 0 saturated carbocycles. The highest BCUT2D eigenvalue weighted by molar-refractivity contribution is 5.54. The molecule has 1 atom stereocenters. The van der Waals surface area contributed by atoms with E-state index in [9.17, 15) is 0 Å². The molecule has 3 heteroatoms. The van der Waals surface area contributed by atoms with Crippen LogP contribution in [0.1, 0.15) is 17.8 Å². The zero-order valence-corrected chi connectivity index (χ0v) is 10.1. The highest BCUT2D eigenvalue weighted by atomic mass is 15.3. The largest absolute Gasteiger partial charge is 0.364 e. The van der Waals surface area contributed by atoms with Gasteiger partial charge in [0.05, 0.1) is 11.4 Å². The SMILES string of the molecule is Cc1ccc2c(n1)CCC1CN(C)CCN21. The second-order valence-corrected chi connectivity index (χ2v) is 5.07. The van der Waals surface area contributed by atoms with Crippen LogP contribution >= 0.6 is 0 Å². The van der Waals surface area contributed by atoms with Crippen molar-refractivity contribution in [3.8, 4) is 0 Å². The van der Waals surface area contributed by atoms with E-state index in [4.69, 9.17) is 0 Å². The van der Waals surface area contributed by atoms with E-state index < -0.39 is 0 Å². The molecule has 86 valence electrons. The summed E-state index contributed by atoms with van der Waals surface area (Å²) in [6.45, 7) is 5.60. The molecule has 0 radical (unpaired) electrons. The Balaban J connectivity index is 1.94. The summed E-state index contributed by atoms with van der Waals surface area (Å²) in [6.07, 6.45) is 2.40. The van der Waals surface area contributed by atoms with Crippen molar-refractivity contribution in [2.75, 3.05) is 31.6 Å². The number of fused-ring (bicyclic) bond motifs is 3. The summed E-state index contributed by atoms with van der Waals surface area (Å²) >= 11 is 0. The lowest BCUT2D eigenvalue weighted by atomic mass is 9.97. The van der Waals surface area contributed by atoms with E-state index in [0.717, 1.165) is 18.7 Å². The van der Waals surface area contributed by atoms with Crippen molar-refractivity contribution < 1.29 is 0 Å². The summed E-state index contributed by atoms with van der Waals surface area (Å²) < 4.78 is 0. The van der Waals surface area contributed by atoms with Gasteiger partial charge in [-0.25, -0.2) is 0 Å². The smallest absolute Gasteiger partial charge is 0.0640 e. The molecular formula is C13H19N3. The Kier molecular flexibility index (Phi) is 2.36. The number of aromatic nitrogens is 1. The fourth-order valence-corrected chi connectivity index (χ4v) is 2.93. The Hall–Kier alpha value is -1.09. The van der Waals surface area contributed by atoms with Crippen molar-refractivity contribution in [2.24, 2.45) is 0 Å². The van der Waals surface area contributed by atoms with E-state index in [0.29, 0.717) is 6.04 Å². The van der Waals surface area contributed by atoms with Crippen LogP contribution in [-0.4, -0.2) is 42.6 Å². The summed E-state index contributed by atoms with van der Waals surface area (Å²) in [7, 11) is 2.22. The first-order valence-electron chi connectivity index (χ1n) is 6.16. The molecule has 16 heavy (non-hydrogen) atoms. The van der Waals surface area contributed by atoms with E-state index in [-0.39, 0.29) is 0 Å². The Bertz CT molecular complexity index is 402. The van der Waals surface area contributed by atoms with E-state index in [1.807, 2.05) is 0 Å². The van der Waals surface area contributed by atoms with Gasteiger partial charge in [-0.2, -0.15) is 0 Å². The Morgan fingerprint density at radius 2 is 2.19 bits per heavy atom. The fraction of sp³-hybridized carbons (Fsp3) is 0.615. The first-order valence-corrected chi connectivity index (χ1v) is 6.16. The summed E-state index contributed by atoms with van der Waals surface area (Å²) in [5.74, 6) is 0. The lowest BCUT2D eigenvalue weighted by Crippen LogP contribution is -2.54. The van der Waals surface area contributed by atoms with E-state index >= 15 is 0 Å². The lowest BCUT2D eigenvalue weighted by Gasteiger charge is -2.44. The van der Waals surface area contributed by atoms with Crippen molar-refractivity contribution in [2.45, 2.75) is 25.8 Å². The topological polar surface area (TPSA) is 19.4 Å². The highest BCUT2D eigenvalue weighted by Gasteiger charge is 2.30. The van der Waals surface area contributed by atoms with Crippen molar-refractivity contribution in [1.29, 1.82) is 0 Å². The minimum atomic E-state index is 0.704. The van der Waals surface area contributed by atoms with Gasteiger partial charge in [0, 0.05) is 31.4 Å². The zero-order valence-electron chi connectivity index (χ0n) is 10.1. The van der Waals surface area contributed by atoms with E-state index in [1.54, 1.807) is 0 Å². The Labute approximate surface area is 97.1 Å². The molecule has 0 bridgehead atoms. The standard InChI is InChI=1S/C13H19N3/c1-10-3-6-13-12(14-10)5-4-11-9-15(2)7-8-16(11)13/h3,6,11H,4-5,7-9H2,1-2H3. The van der Waals surface area contributed by atoms with Crippen LogP contribution in [-0.2, 0) is 6.42 Å². The van der Waals surface area contributed by atoms with E-state index in [1.165, 1.54) is 30.9 Å². The highest BCUT2D eigenvalue weighted by Crippen LogP contribution is 2.31. The Morgan fingerprint density at radius 1 is 1.31 bits per heavy atom. The van der Waals surface area contributed by atoms with Gasteiger partial charge >= 0.3 is 0 Å². The molecule has 0 spiro atoms. The maximum atomic E-state index is 4.67. The second-order valence-electron chi connectivity index (χ2n) is 5.07. The minimum Gasteiger partial charge on any atom is -0.364 e. The summed E-state index contributed by atoms with van der Waals surface area (Å²) in [5, 5.41) is 0. The number of aryl methyl sites for hydroxylation is 2. The summed E-state index contributed by atoms with van der Waals surface area (Å²) in [6, 6.07) is 5.10. The molecule has 0 aromatic carbocycles. The van der Waals surface area contributed by atoms with Gasteiger partial charge in [-0.15, -0.1) is 0 Å². The molecule has 3 rings (SSSR count). The van der Waals surface area contributed by atoms with Crippen LogP contribution in [0.3, 0.4) is 0 Å². The van der Waals surface area contributed by atoms with E-state index in [2.05, 4.69) is 40.9 Å². The molecule has 1 aromatic rings. The normalized spacial score (nSPS) is 25.1. The first kappa shape index (κ1) is 10.1. The Morgan fingerprint density at radius 3 is 3.06 bits per heavy atom. The van der Waals surface area contributed by atoms with Gasteiger partial charge < -0.3 is 9.80 Å². The van der Waals surface area contributed by atoms with Crippen molar-refractivity contribution in [1.82, 2.24) is 9.88 Å². The lowest BCUT2D eigenvalue weighted by molar-refractivity contribution is 0.255. The molecule has 1 fully saturated rings. The van der Waals surface area contributed by atoms with Crippen molar-refractivity contribution in [3.05, 3.63) is 23.5 Å². The number of anilines is 1. The van der Waals surface area contributed by atoms with Gasteiger partial charge in [0.1, 0.15) is 0 Å². The molecule has 3 nitrogen and oxygen atoms in total. The number of pyridine rings is 1. The third-order valence-electron chi connectivity index (χ3n) is 3.80. The van der Waals surface area contributed by atoms with Crippen LogP contribution in [0.25, 0.3) is 0 Å². The van der Waals surface area contributed by atoms with Crippen LogP contribution in [0.15, 0.2) is 12.1 Å². The quantitative estimate of drug-likeness (QED) is 0.656. The predicted molar refractivity (Wildman–Crippen MR) is 65.9 cm³/mol. The molecule has 3 heterocycles. The monoisotopic (exact) mass is 217 g/mol. The predicted octanol–water partition coefficient (Wildman–Crippen LogP) is 1.46. The average molecular weight is 217 g/mol. The zero-order chi connectivity index (χ0) is 11.1. The molecule has 0 amide bonds. The van der Waals surface area contributed by atoms with Gasteiger partial charge in [0.25, 0.3) is 0 Å². The molecule has 1 unspecified atom stereocenters. The van der Waals surface area contributed by atoms with Gasteiger partial charge in [0.15, 0.2) is 0 Å². The van der Waals surface area contributed by atoms with Crippen LogP contribution in [0.2, 0.25) is 0 Å². The second kappa shape index (κ2) is 3.74. The number of hydrogen-bond acceptors (Lipinski definition) is 3. The maximum Gasteiger partial charge on any atom is 0.0640 e. The first-order chi connectivity index (χ1) is 7.74. The molecule has 2 aliphatic rings.